The predicted molar refractivity (Wildman–Crippen MR) is 207 cm³/mol. The zero-order valence-electron chi connectivity index (χ0n) is 28.0. The highest BCUT2D eigenvalue weighted by Gasteiger charge is 2.22. The number of carbonyl (C=O) groups is 3. The minimum atomic E-state index is -0.582. The van der Waals surface area contributed by atoms with E-state index < -0.39 is 18.2 Å². The Morgan fingerprint density at radius 2 is 1.67 bits per heavy atom. The molecule has 1 aliphatic rings. The molecule has 5 N–H and O–H groups in total. The maximum absolute atomic E-state index is 13.4. The SMILES string of the molecule is O=C(CC1CCCC1)NCc1ccc(Cl)cc1CNC(=O)N[C@@H](Cc1ccccc1)c1nc(-c2ccc(NC(=O)OCCOCI)cc2)c(Cl)[nH]1. The molecular formula is C37H41Cl2IN6O5. The van der Waals surface area contributed by atoms with Crippen molar-refractivity contribution in [2.24, 2.45) is 5.92 Å². The van der Waals surface area contributed by atoms with E-state index in [0.717, 1.165) is 29.5 Å². The number of hydrogen-bond acceptors (Lipinski definition) is 6. The van der Waals surface area contributed by atoms with Crippen molar-refractivity contribution < 1.29 is 23.9 Å². The largest absolute Gasteiger partial charge is 0.447 e. The van der Waals surface area contributed by atoms with Crippen LogP contribution in [0.4, 0.5) is 15.3 Å². The molecule has 1 atom stereocenters. The summed E-state index contributed by atoms with van der Waals surface area (Å²) in [4.78, 5) is 46.0. The lowest BCUT2D eigenvalue weighted by molar-refractivity contribution is -0.122. The zero-order valence-corrected chi connectivity index (χ0v) is 31.7. The lowest BCUT2D eigenvalue weighted by atomic mass is 10.0. The van der Waals surface area contributed by atoms with E-state index in [1.807, 2.05) is 36.4 Å². The van der Waals surface area contributed by atoms with Crippen LogP contribution in [0.1, 0.15) is 60.7 Å². The van der Waals surface area contributed by atoms with Crippen LogP contribution in [-0.4, -0.2) is 45.8 Å². The van der Waals surface area contributed by atoms with Gasteiger partial charge in [-0.1, -0.05) is 107 Å². The van der Waals surface area contributed by atoms with Crippen molar-refractivity contribution in [1.82, 2.24) is 25.9 Å². The number of nitrogens with zero attached hydrogens (tertiary/aromatic N) is 1. The van der Waals surface area contributed by atoms with Gasteiger partial charge in [0.05, 0.1) is 17.3 Å². The molecule has 14 heteroatoms. The molecule has 1 aromatic heterocycles. The van der Waals surface area contributed by atoms with Crippen LogP contribution >= 0.6 is 45.8 Å². The number of alkyl halides is 1. The normalized spacial score (nSPS) is 13.4. The number of ether oxygens (including phenoxy) is 2. The molecule has 0 spiro atoms. The summed E-state index contributed by atoms with van der Waals surface area (Å²) < 4.78 is 10.8. The van der Waals surface area contributed by atoms with E-state index >= 15 is 0 Å². The summed E-state index contributed by atoms with van der Waals surface area (Å²) in [6.45, 7) is 1.01. The molecule has 270 valence electrons. The third-order valence-corrected chi connectivity index (χ3v) is 9.52. The molecule has 4 amide bonds. The fraction of sp³-hybridized carbons (Fsp3) is 0.351. The summed E-state index contributed by atoms with van der Waals surface area (Å²) in [5.74, 6) is 0.970. The molecule has 1 heterocycles. The second-order valence-corrected chi connectivity index (χ2v) is 13.7. The van der Waals surface area contributed by atoms with Crippen molar-refractivity contribution >= 4 is 69.5 Å². The number of anilines is 1. The molecule has 3 aromatic carbocycles. The van der Waals surface area contributed by atoms with Crippen LogP contribution in [0.5, 0.6) is 0 Å². The van der Waals surface area contributed by atoms with Gasteiger partial charge in [-0.25, -0.2) is 14.6 Å². The molecule has 4 aromatic rings. The van der Waals surface area contributed by atoms with Crippen LogP contribution in [0.15, 0.2) is 72.8 Å². The van der Waals surface area contributed by atoms with Gasteiger partial charge in [0, 0.05) is 35.8 Å². The van der Waals surface area contributed by atoms with Crippen molar-refractivity contribution in [2.45, 2.75) is 57.7 Å². The Bertz CT molecular complexity index is 1750. The first-order chi connectivity index (χ1) is 24.8. The monoisotopic (exact) mass is 846 g/mol. The second kappa shape index (κ2) is 19.7. The van der Waals surface area contributed by atoms with Crippen molar-refractivity contribution in [3.63, 3.8) is 0 Å². The van der Waals surface area contributed by atoms with Crippen LogP contribution in [0.25, 0.3) is 11.3 Å². The van der Waals surface area contributed by atoms with Crippen LogP contribution in [0, 0.1) is 5.92 Å². The Kier molecular flexibility index (Phi) is 14.8. The zero-order chi connectivity index (χ0) is 36.0. The summed E-state index contributed by atoms with van der Waals surface area (Å²) >= 11 is 15.0. The topological polar surface area (TPSA) is 146 Å². The first-order valence-corrected chi connectivity index (χ1v) is 19.1. The number of aromatic nitrogens is 2. The number of carbonyl (C=O) groups excluding carboxylic acids is 3. The van der Waals surface area contributed by atoms with Gasteiger partial charge in [0.25, 0.3) is 0 Å². The molecule has 0 radical (unpaired) electrons. The van der Waals surface area contributed by atoms with Gasteiger partial charge in [-0.15, -0.1) is 0 Å². The van der Waals surface area contributed by atoms with Crippen LogP contribution in [0.2, 0.25) is 10.2 Å². The van der Waals surface area contributed by atoms with Gasteiger partial charge >= 0.3 is 12.1 Å². The summed E-state index contributed by atoms with van der Waals surface area (Å²) in [6.07, 6.45) is 5.00. The maximum atomic E-state index is 13.4. The van der Waals surface area contributed by atoms with E-state index in [1.54, 1.807) is 36.4 Å². The summed E-state index contributed by atoms with van der Waals surface area (Å²) in [5.41, 5.74) is 4.42. The van der Waals surface area contributed by atoms with E-state index in [4.69, 9.17) is 37.7 Å². The van der Waals surface area contributed by atoms with Gasteiger partial charge in [0.15, 0.2) is 0 Å². The first kappa shape index (κ1) is 38.4. The second-order valence-electron chi connectivity index (χ2n) is 12.3. The fourth-order valence-electron chi connectivity index (χ4n) is 5.96. The number of amides is 4. The third-order valence-electron chi connectivity index (χ3n) is 8.57. The standard InChI is InChI=1S/C37H41Cl2IN6O5/c38-29-13-10-27(21-41-32(47)19-25-8-4-5-9-25)28(20-29)22-42-36(48)44-31(18-24-6-2-1-3-7-24)35-45-33(34(39)46-35)26-11-14-30(15-12-26)43-37(49)51-17-16-50-23-40/h1-3,6-7,10-15,20,25,31H,4-5,8-9,16-19,21-23H2,(H,41,47)(H,43,49)(H,45,46)(H2,42,44,48)/t31-/m0/s1. The Morgan fingerprint density at radius 1 is 0.922 bits per heavy atom. The van der Waals surface area contributed by atoms with Crippen molar-refractivity contribution in [1.29, 1.82) is 0 Å². The van der Waals surface area contributed by atoms with E-state index in [1.165, 1.54) is 12.8 Å². The highest BCUT2D eigenvalue weighted by Crippen LogP contribution is 2.30. The Labute approximate surface area is 321 Å². The van der Waals surface area contributed by atoms with Gasteiger partial charge in [-0.3, -0.25) is 10.1 Å². The highest BCUT2D eigenvalue weighted by molar-refractivity contribution is 14.1. The quantitative estimate of drug-likeness (QED) is 0.0436. The molecule has 1 saturated carbocycles. The molecule has 1 fully saturated rings. The molecule has 1 aliphatic carbocycles. The third kappa shape index (κ3) is 12.1. The highest BCUT2D eigenvalue weighted by atomic mass is 127. The molecular weight excluding hydrogens is 806 g/mol. The van der Waals surface area contributed by atoms with Gasteiger partial charge in [-0.2, -0.15) is 0 Å². The Morgan fingerprint density at radius 3 is 2.41 bits per heavy atom. The lowest BCUT2D eigenvalue weighted by Gasteiger charge is -2.18. The molecule has 0 aliphatic heterocycles. The number of benzene rings is 3. The van der Waals surface area contributed by atoms with Gasteiger partial charge < -0.3 is 30.4 Å². The first-order valence-electron chi connectivity index (χ1n) is 16.8. The number of urea groups is 1. The smallest absolute Gasteiger partial charge is 0.411 e. The molecule has 11 nitrogen and oxygen atoms in total. The number of aromatic amines is 1. The van der Waals surface area contributed by atoms with Crippen molar-refractivity contribution in [2.75, 3.05) is 23.1 Å². The van der Waals surface area contributed by atoms with Crippen molar-refractivity contribution in [3.05, 3.63) is 105 Å². The summed E-state index contributed by atoms with van der Waals surface area (Å²) in [5, 5.41) is 12.5. The van der Waals surface area contributed by atoms with Gasteiger partial charge in [0.2, 0.25) is 5.91 Å². The number of nitrogens with one attached hydrogen (secondary N) is 5. The predicted octanol–water partition coefficient (Wildman–Crippen LogP) is 8.32. The minimum Gasteiger partial charge on any atom is -0.447 e. The summed E-state index contributed by atoms with van der Waals surface area (Å²) in [6, 6.07) is 21.2. The van der Waals surface area contributed by atoms with Crippen LogP contribution in [0.3, 0.4) is 0 Å². The van der Waals surface area contributed by atoms with E-state index in [2.05, 4.69) is 48.8 Å². The molecule has 0 bridgehead atoms. The molecule has 0 unspecified atom stereocenters. The molecule has 5 rings (SSSR count). The van der Waals surface area contributed by atoms with E-state index in [0.29, 0.717) is 69.5 Å². The average molecular weight is 848 g/mol. The Hall–Kier alpha value is -3.85. The van der Waals surface area contributed by atoms with E-state index in [9.17, 15) is 14.4 Å². The lowest BCUT2D eigenvalue weighted by Crippen LogP contribution is -2.39. The number of imidazole rings is 1. The number of hydrogen-bond donors (Lipinski definition) is 5. The van der Waals surface area contributed by atoms with Crippen LogP contribution in [-0.2, 0) is 33.8 Å². The summed E-state index contributed by atoms with van der Waals surface area (Å²) in [7, 11) is 0. The van der Waals surface area contributed by atoms with Gasteiger partial charge in [0.1, 0.15) is 23.3 Å². The molecule has 51 heavy (non-hydrogen) atoms. The van der Waals surface area contributed by atoms with Crippen molar-refractivity contribution in [3.8, 4) is 11.3 Å². The number of rotatable bonds is 16. The van der Waals surface area contributed by atoms with Crippen LogP contribution < -0.4 is 21.3 Å². The molecule has 0 saturated heterocycles. The number of halogens is 3. The van der Waals surface area contributed by atoms with Gasteiger partial charge in [-0.05, 0) is 66.1 Å². The van der Waals surface area contributed by atoms with E-state index in [-0.39, 0.29) is 19.1 Å². The number of H-pyrrole nitrogens is 1. The fourth-order valence-corrected chi connectivity index (χ4v) is 6.72. The maximum Gasteiger partial charge on any atom is 0.411 e. The minimum absolute atomic E-state index is 0.0370. The average Bonchev–Trinajstić information content (AvgIpc) is 3.79. The Balaban J connectivity index is 1.23.